The molecule has 2 aliphatic rings. The van der Waals surface area contributed by atoms with Crippen LogP contribution in [0.15, 0.2) is 17.6 Å². The minimum atomic E-state index is 0. The van der Waals surface area contributed by atoms with Crippen molar-refractivity contribution in [2.45, 2.75) is 64.8 Å². The Balaban J connectivity index is 0.00000288. The van der Waals surface area contributed by atoms with Crippen LogP contribution in [0.4, 0.5) is 0 Å². The van der Waals surface area contributed by atoms with E-state index < -0.39 is 0 Å². The fourth-order valence-electron chi connectivity index (χ4n) is 3.95. The largest absolute Gasteiger partial charge is 0.357 e. The summed E-state index contributed by atoms with van der Waals surface area (Å²) in [5, 5.41) is 7.11. The molecule has 0 unspecified atom stereocenters. The zero-order valence-corrected chi connectivity index (χ0v) is 18.0. The maximum Gasteiger partial charge on any atom is 0.191 e. The molecule has 1 aliphatic heterocycles. The van der Waals surface area contributed by atoms with Gasteiger partial charge in [-0.3, -0.25) is 9.89 Å². The highest BCUT2D eigenvalue weighted by molar-refractivity contribution is 14.0. The molecule has 1 saturated heterocycles. The molecule has 0 amide bonds. The summed E-state index contributed by atoms with van der Waals surface area (Å²) in [6.45, 7) is 13.5. The van der Waals surface area contributed by atoms with Crippen molar-refractivity contribution in [1.29, 1.82) is 0 Å². The summed E-state index contributed by atoms with van der Waals surface area (Å²) in [6.07, 6.45) is 11.1. The normalized spacial score (nSPS) is 22.0. The Morgan fingerprint density at radius 1 is 1.25 bits per heavy atom. The molecule has 140 valence electrons. The topological polar surface area (TPSA) is 39.7 Å². The number of rotatable bonds is 7. The molecule has 0 atom stereocenters. The lowest BCUT2D eigenvalue weighted by Gasteiger charge is -2.32. The standard InChI is InChI=1S/C19H36N4.HI/c1-4-13-23-14-9-17(10-15-23)22-18(20-6-3)21-16-19(5-2)11-7-8-12-19;/h4,17H,1,5-16H2,2-3H3,(H2,20,21,22);1H. The number of guanidine groups is 1. The first-order valence-corrected chi connectivity index (χ1v) is 9.59. The molecular weight excluding hydrogens is 411 g/mol. The van der Waals surface area contributed by atoms with Crippen molar-refractivity contribution in [1.82, 2.24) is 15.5 Å². The lowest BCUT2D eigenvalue weighted by atomic mass is 9.84. The number of nitrogens with zero attached hydrogens (tertiary/aromatic N) is 2. The van der Waals surface area contributed by atoms with E-state index in [1.165, 1.54) is 44.9 Å². The Bertz CT molecular complexity index is 383. The van der Waals surface area contributed by atoms with Gasteiger partial charge in [0.15, 0.2) is 5.96 Å². The van der Waals surface area contributed by atoms with E-state index in [0.29, 0.717) is 11.5 Å². The summed E-state index contributed by atoms with van der Waals surface area (Å²) < 4.78 is 0. The Morgan fingerprint density at radius 3 is 2.46 bits per heavy atom. The van der Waals surface area contributed by atoms with E-state index in [2.05, 4.69) is 36.0 Å². The van der Waals surface area contributed by atoms with Crippen LogP contribution in [-0.4, -0.2) is 49.6 Å². The molecule has 24 heavy (non-hydrogen) atoms. The predicted octanol–water partition coefficient (Wildman–Crippen LogP) is 3.78. The lowest BCUT2D eigenvalue weighted by Crippen LogP contribution is -2.49. The van der Waals surface area contributed by atoms with E-state index >= 15 is 0 Å². The van der Waals surface area contributed by atoms with Crippen molar-refractivity contribution in [3.8, 4) is 0 Å². The Kier molecular flexibility index (Phi) is 10.3. The highest BCUT2D eigenvalue weighted by atomic mass is 127. The van der Waals surface area contributed by atoms with Crippen LogP contribution in [0.2, 0.25) is 0 Å². The van der Waals surface area contributed by atoms with Crippen LogP contribution in [0, 0.1) is 5.41 Å². The number of piperidine rings is 1. The Hall–Kier alpha value is -0.300. The van der Waals surface area contributed by atoms with Gasteiger partial charge < -0.3 is 10.6 Å². The quantitative estimate of drug-likeness (QED) is 0.270. The van der Waals surface area contributed by atoms with Crippen LogP contribution in [0.25, 0.3) is 0 Å². The summed E-state index contributed by atoms with van der Waals surface area (Å²) in [4.78, 5) is 7.42. The molecule has 0 aromatic carbocycles. The summed E-state index contributed by atoms with van der Waals surface area (Å²) in [5.74, 6) is 1.02. The van der Waals surface area contributed by atoms with Gasteiger partial charge in [0.1, 0.15) is 0 Å². The van der Waals surface area contributed by atoms with Gasteiger partial charge in [-0.05, 0) is 44.4 Å². The molecule has 0 spiro atoms. The minimum Gasteiger partial charge on any atom is -0.357 e. The van der Waals surface area contributed by atoms with Crippen molar-refractivity contribution in [3.63, 3.8) is 0 Å². The van der Waals surface area contributed by atoms with Crippen LogP contribution in [0.5, 0.6) is 0 Å². The molecule has 0 radical (unpaired) electrons. The zero-order chi connectivity index (χ0) is 16.5. The monoisotopic (exact) mass is 448 g/mol. The van der Waals surface area contributed by atoms with E-state index in [4.69, 9.17) is 4.99 Å². The van der Waals surface area contributed by atoms with Gasteiger partial charge >= 0.3 is 0 Å². The van der Waals surface area contributed by atoms with E-state index in [1.54, 1.807) is 0 Å². The maximum absolute atomic E-state index is 4.95. The fraction of sp³-hybridized carbons (Fsp3) is 0.842. The van der Waals surface area contributed by atoms with Crippen LogP contribution in [0.3, 0.4) is 0 Å². The molecule has 2 fully saturated rings. The number of hydrogen-bond acceptors (Lipinski definition) is 2. The Labute approximate surface area is 166 Å². The third kappa shape index (κ3) is 6.54. The number of likely N-dealkylation sites (tertiary alicyclic amines) is 1. The average molecular weight is 448 g/mol. The summed E-state index contributed by atoms with van der Waals surface area (Å²) in [6, 6.07) is 0.551. The zero-order valence-electron chi connectivity index (χ0n) is 15.6. The molecule has 5 heteroatoms. The van der Waals surface area contributed by atoms with Crippen LogP contribution in [-0.2, 0) is 0 Å². The molecule has 1 saturated carbocycles. The molecular formula is C19H37IN4. The third-order valence-electron chi connectivity index (χ3n) is 5.65. The molecule has 0 bridgehead atoms. The molecule has 2 rings (SSSR count). The summed E-state index contributed by atoms with van der Waals surface area (Å²) in [7, 11) is 0. The van der Waals surface area contributed by atoms with Gasteiger partial charge in [-0.2, -0.15) is 0 Å². The van der Waals surface area contributed by atoms with Crippen molar-refractivity contribution in [2.75, 3.05) is 32.7 Å². The number of aliphatic imine (C=N–C) groups is 1. The van der Waals surface area contributed by atoms with Crippen molar-refractivity contribution >= 4 is 29.9 Å². The maximum atomic E-state index is 4.95. The van der Waals surface area contributed by atoms with Gasteiger partial charge in [-0.1, -0.05) is 25.8 Å². The van der Waals surface area contributed by atoms with Crippen molar-refractivity contribution < 1.29 is 0 Å². The van der Waals surface area contributed by atoms with E-state index in [0.717, 1.165) is 38.7 Å². The molecule has 1 aliphatic carbocycles. The van der Waals surface area contributed by atoms with Crippen molar-refractivity contribution in [3.05, 3.63) is 12.7 Å². The van der Waals surface area contributed by atoms with Gasteiger partial charge in [0.05, 0.1) is 0 Å². The van der Waals surface area contributed by atoms with Crippen LogP contribution >= 0.6 is 24.0 Å². The minimum absolute atomic E-state index is 0. The number of hydrogen-bond donors (Lipinski definition) is 2. The smallest absolute Gasteiger partial charge is 0.191 e. The highest BCUT2D eigenvalue weighted by Crippen LogP contribution is 2.41. The first-order chi connectivity index (χ1) is 11.2. The van der Waals surface area contributed by atoms with Gasteiger partial charge in [0.25, 0.3) is 0 Å². The fourth-order valence-corrected chi connectivity index (χ4v) is 3.95. The number of nitrogens with one attached hydrogen (secondary N) is 2. The average Bonchev–Trinajstić information content (AvgIpc) is 3.04. The van der Waals surface area contributed by atoms with Gasteiger partial charge in [-0.15, -0.1) is 30.6 Å². The molecule has 0 aromatic heterocycles. The molecule has 4 nitrogen and oxygen atoms in total. The SMILES string of the molecule is C=CCN1CCC(NC(=NCC2(CC)CCCC2)NCC)CC1.I. The predicted molar refractivity (Wildman–Crippen MR) is 115 cm³/mol. The highest BCUT2D eigenvalue weighted by Gasteiger charge is 2.31. The number of halogens is 1. The summed E-state index contributed by atoms with van der Waals surface area (Å²) in [5.41, 5.74) is 0.468. The molecule has 2 N–H and O–H groups in total. The van der Waals surface area contributed by atoms with E-state index in [9.17, 15) is 0 Å². The molecule has 0 aromatic rings. The van der Waals surface area contributed by atoms with E-state index in [1.807, 2.05) is 6.08 Å². The van der Waals surface area contributed by atoms with E-state index in [-0.39, 0.29) is 24.0 Å². The van der Waals surface area contributed by atoms with Gasteiger partial charge in [-0.25, -0.2) is 0 Å². The van der Waals surface area contributed by atoms with Gasteiger partial charge in [0, 0.05) is 38.8 Å². The van der Waals surface area contributed by atoms with Crippen molar-refractivity contribution in [2.24, 2.45) is 10.4 Å². The van der Waals surface area contributed by atoms with Crippen LogP contribution < -0.4 is 10.6 Å². The Morgan fingerprint density at radius 2 is 1.92 bits per heavy atom. The first-order valence-electron chi connectivity index (χ1n) is 9.59. The lowest BCUT2D eigenvalue weighted by molar-refractivity contribution is 0.224. The second-order valence-corrected chi connectivity index (χ2v) is 7.26. The third-order valence-corrected chi connectivity index (χ3v) is 5.65. The molecule has 1 heterocycles. The van der Waals surface area contributed by atoms with Gasteiger partial charge in [0.2, 0.25) is 0 Å². The first kappa shape index (κ1) is 21.7. The second kappa shape index (κ2) is 11.3. The van der Waals surface area contributed by atoms with Crippen LogP contribution in [0.1, 0.15) is 58.8 Å². The summed E-state index contributed by atoms with van der Waals surface area (Å²) >= 11 is 0. The second-order valence-electron chi connectivity index (χ2n) is 7.26.